The van der Waals surface area contributed by atoms with Crippen molar-refractivity contribution in [1.29, 1.82) is 0 Å². The van der Waals surface area contributed by atoms with Crippen LogP contribution in [0.1, 0.15) is 23.1 Å². The van der Waals surface area contributed by atoms with Gasteiger partial charge in [-0.3, -0.25) is 4.79 Å². The van der Waals surface area contributed by atoms with Crippen LogP contribution in [0.4, 0.5) is 11.4 Å². The molecule has 0 fully saturated rings. The monoisotopic (exact) mass is 484 g/mol. The molecule has 0 radical (unpaired) electrons. The van der Waals surface area contributed by atoms with Crippen LogP contribution in [-0.4, -0.2) is 40.5 Å². The fraction of sp³-hybridized carbons (Fsp3) is 0.148. The molecule has 0 aliphatic carbocycles. The van der Waals surface area contributed by atoms with Gasteiger partial charge >= 0.3 is 5.97 Å². The van der Waals surface area contributed by atoms with E-state index in [0.29, 0.717) is 36.6 Å². The summed E-state index contributed by atoms with van der Waals surface area (Å²) in [6.45, 7) is 0. The highest BCUT2D eigenvalue weighted by atomic mass is 16.4. The minimum absolute atomic E-state index is 0.0986. The molecule has 0 atom stereocenters. The van der Waals surface area contributed by atoms with Gasteiger partial charge in [0.25, 0.3) is 0 Å². The molecule has 184 valence electrons. The molecule has 3 aromatic rings. The molecule has 0 aliphatic rings. The Morgan fingerprint density at radius 3 is 1.56 bits per heavy atom. The Bertz CT molecular complexity index is 1260. The molecular formula is C27H28N6O3. The van der Waals surface area contributed by atoms with Crippen LogP contribution in [0.3, 0.4) is 0 Å². The van der Waals surface area contributed by atoms with Crippen molar-refractivity contribution in [3.8, 4) is 5.75 Å². The molecule has 0 heterocycles. The third kappa shape index (κ3) is 9.22. The summed E-state index contributed by atoms with van der Waals surface area (Å²) in [5.41, 5.74) is 16.2. The Labute approximate surface area is 209 Å². The van der Waals surface area contributed by atoms with Crippen molar-refractivity contribution in [2.24, 2.45) is 31.4 Å². The van der Waals surface area contributed by atoms with Gasteiger partial charge in [-0.15, -0.1) is 0 Å². The maximum atomic E-state index is 10.6. The Hall–Kier alpha value is -4.79. The first-order chi connectivity index (χ1) is 17.4. The van der Waals surface area contributed by atoms with Gasteiger partial charge in [0.1, 0.15) is 30.1 Å². The molecule has 0 amide bonds. The van der Waals surface area contributed by atoms with Gasteiger partial charge < -0.3 is 21.7 Å². The molecule has 0 unspecified atom stereocenters. The number of aryl methyl sites for hydroxylation is 1. The highest BCUT2D eigenvalue weighted by Crippen LogP contribution is 2.15. The fourth-order valence-electron chi connectivity index (χ4n) is 3.16. The Morgan fingerprint density at radius 1 is 0.694 bits per heavy atom. The summed E-state index contributed by atoms with van der Waals surface area (Å²) in [7, 11) is 0. The molecule has 0 saturated carbocycles. The van der Waals surface area contributed by atoms with Gasteiger partial charge in [0.2, 0.25) is 0 Å². The number of carboxylic acid groups (broad SMARTS) is 1. The van der Waals surface area contributed by atoms with Gasteiger partial charge in [0.05, 0.1) is 11.4 Å². The molecule has 0 bridgehead atoms. The summed E-state index contributed by atoms with van der Waals surface area (Å²) < 4.78 is 0. The van der Waals surface area contributed by atoms with E-state index in [1.807, 2.05) is 48.5 Å². The summed E-state index contributed by atoms with van der Waals surface area (Å²) in [5.74, 6) is 0.223. The summed E-state index contributed by atoms with van der Waals surface area (Å²) in [5, 5.41) is 18.1. The van der Waals surface area contributed by atoms with E-state index < -0.39 is 5.97 Å². The number of phenols is 1. The number of hydrogen-bond acceptors (Lipinski definition) is 4. The molecule has 3 rings (SSSR count). The highest BCUT2D eigenvalue weighted by molar-refractivity contribution is 5.90. The Kier molecular flexibility index (Phi) is 9.46. The molecule has 0 spiro atoms. The fourth-order valence-corrected chi connectivity index (χ4v) is 3.16. The molecule has 36 heavy (non-hydrogen) atoms. The zero-order valence-corrected chi connectivity index (χ0v) is 19.7. The normalized spacial score (nSPS) is 12.4. The van der Waals surface area contributed by atoms with E-state index in [4.69, 9.17) is 16.6 Å². The number of rotatable bonds is 11. The standard InChI is InChI=1S/C27H28N6O3/c28-25(32-17-30-22-8-1-19(2-9-22)7-14-27(35)36)15-20-3-10-23(11-4-20)31-18-33-26(29)16-21-5-12-24(34)13-6-21/h1-6,8-13,17-18,34H,7,14-16H2,(H,35,36)(H2,28,30,32)(H2,29,31,33). The van der Waals surface area contributed by atoms with Gasteiger partial charge in [-0.2, -0.15) is 0 Å². The van der Waals surface area contributed by atoms with Crippen LogP contribution in [0, 0.1) is 0 Å². The number of nitrogens with zero attached hydrogens (tertiary/aromatic N) is 4. The first-order valence-electron chi connectivity index (χ1n) is 11.2. The first kappa shape index (κ1) is 25.8. The van der Waals surface area contributed by atoms with E-state index in [-0.39, 0.29) is 12.2 Å². The van der Waals surface area contributed by atoms with Crippen LogP contribution in [0.25, 0.3) is 0 Å². The molecule has 0 aliphatic heterocycles. The van der Waals surface area contributed by atoms with Crippen molar-refractivity contribution in [3.05, 3.63) is 89.5 Å². The van der Waals surface area contributed by atoms with Gasteiger partial charge in [-0.25, -0.2) is 20.0 Å². The van der Waals surface area contributed by atoms with Crippen LogP contribution in [0.15, 0.2) is 92.8 Å². The number of hydrogen-bond donors (Lipinski definition) is 4. The van der Waals surface area contributed by atoms with Crippen LogP contribution in [0.2, 0.25) is 0 Å². The van der Waals surface area contributed by atoms with Crippen LogP contribution >= 0.6 is 0 Å². The quantitative estimate of drug-likeness (QED) is 0.239. The smallest absolute Gasteiger partial charge is 0.303 e. The zero-order valence-electron chi connectivity index (χ0n) is 19.7. The van der Waals surface area contributed by atoms with E-state index in [0.717, 1.165) is 22.4 Å². The molecule has 0 aromatic heterocycles. The van der Waals surface area contributed by atoms with Gasteiger partial charge in [0.15, 0.2) is 0 Å². The maximum absolute atomic E-state index is 10.6. The molecule has 3 aromatic carbocycles. The molecule has 0 saturated heterocycles. The first-order valence-corrected chi connectivity index (χ1v) is 11.2. The van der Waals surface area contributed by atoms with Crippen LogP contribution < -0.4 is 11.5 Å². The summed E-state index contributed by atoms with van der Waals surface area (Å²) in [6.07, 6.45) is 4.32. The largest absolute Gasteiger partial charge is 0.508 e. The lowest BCUT2D eigenvalue weighted by Crippen LogP contribution is -2.15. The number of carbonyl (C=O) groups is 1. The minimum Gasteiger partial charge on any atom is -0.508 e. The van der Waals surface area contributed by atoms with Crippen molar-refractivity contribution in [3.63, 3.8) is 0 Å². The summed E-state index contributed by atoms with van der Waals surface area (Å²) >= 11 is 0. The van der Waals surface area contributed by atoms with Gasteiger partial charge in [-0.1, -0.05) is 36.4 Å². The van der Waals surface area contributed by atoms with Crippen LogP contribution in [0.5, 0.6) is 5.75 Å². The van der Waals surface area contributed by atoms with Gasteiger partial charge in [0, 0.05) is 19.3 Å². The number of nitrogens with two attached hydrogens (primary N) is 2. The van der Waals surface area contributed by atoms with Crippen molar-refractivity contribution in [2.75, 3.05) is 0 Å². The predicted molar refractivity (Wildman–Crippen MR) is 144 cm³/mol. The lowest BCUT2D eigenvalue weighted by molar-refractivity contribution is -0.136. The van der Waals surface area contributed by atoms with Crippen molar-refractivity contribution in [1.82, 2.24) is 0 Å². The second kappa shape index (κ2) is 13.2. The summed E-state index contributed by atoms with van der Waals surface area (Å²) in [4.78, 5) is 27.5. The average Bonchev–Trinajstić information content (AvgIpc) is 2.86. The Balaban J connectivity index is 1.48. The number of phenolic OH excluding ortho intramolecular Hbond substituents is 1. The molecule has 6 N–H and O–H groups in total. The molecule has 9 nitrogen and oxygen atoms in total. The number of benzene rings is 3. The number of carboxylic acids is 1. The lowest BCUT2D eigenvalue weighted by atomic mass is 10.1. The van der Waals surface area contributed by atoms with E-state index in [2.05, 4.69) is 20.0 Å². The average molecular weight is 485 g/mol. The SMILES string of the molecule is NC(Cc1ccc(O)cc1)=NC=Nc1ccc(CC(N)=NC=Nc2ccc(CCC(=O)O)cc2)cc1. The van der Waals surface area contributed by atoms with E-state index in [9.17, 15) is 9.90 Å². The zero-order chi connectivity index (χ0) is 25.8. The maximum Gasteiger partial charge on any atom is 0.303 e. The van der Waals surface area contributed by atoms with Crippen LogP contribution in [-0.2, 0) is 24.1 Å². The second-order valence-corrected chi connectivity index (χ2v) is 7.98. The highest BCUT2D eigenvalue weighted by Gasteiger charge is 2.00. The van der Waals surface area contributed by atoms with E-state index in [1.54, 1.807) is 24.3 Å². The Morgan fingerprint density at radius 2 is 1.11 bits per heavy atom. The van der Waals surface area contributed by atoms with Gasteiger partial charge in [-0.05, 0) is 59.5 Å². The number of aliphatic imine (C=N–C) groups is 4. The van der Waals surface area contributed by atoms with E-state index in [1.165, 1.54) is 12.7 Å². The number of aliphatic carboxylic acids is 1. The number of aromatic hydroxyl groups is 1. The van der Waals surface area contributed by atoms with Crippen molar-refractivity contribution in [2.45, 2.75) is 25.7 Å². The topological polar surface area (TPSA) is 159 Å². The minimum atomic E-state index is -0.818. The van der Waals surface area contributed by atoms with Crippen molar-refractivity contribution >= 4 is 41.7 Å². The summed E-state index contributed by atoms with van der Waals surface area (Å²) in [6, 6.07) is 21.6. The van der Waals surface area contributed by atoms with E-state index >= 15 is 0 Å². The van der Waals surface area contributed by atoms with Crippen molar-refractivity contribution < 1.29 is 15.0 Å². The molecular weight excluding hydrogens is 456 g/mol. The lowest BCUT2D eigenvalue weighted by Gasteiger charge is -2.01. The second-order valence-electron chi connectivity index (χ2n) is 7.98. The third-order valence-electron chi connectivity index (χ3n) is 5.07. The number of amidine groups is 2. The third-order valence-corrected chi connectivity index (χ3v) is 5.07. The molecule has 9 heteroatoms. The predicted octanol–water partition coefficient (Wildman–Crippen LogP) is 3.93.